The first-order valence-corrected chi connectivity index (χ1v) is 7.53. The van der Waals surface area contributed by atoms with E-state index in [0.717, 1.165) is 12.8 Å². The standard InChI is InChI=1S/C11H20ClN3O3.C2HF3O2/c1-8(16)15-9(11(17)18-2)5-3-4-6-14-10(13)7-12;3-2(4,5)1(6)7/h9H,3-7H2,1-2H3,(H2,13,14)(H,15,16);(H,6,7)/t9-;/m0./s1. The van der Waals surface area contributed by atoms with Crippen LogP contribution >= 0.6 is 11.6 Å². The SMILES string of the molecule is COC(=O)[C@H](CCCC[NH+]=C(N)CCl)NC(C)=O.O=C([O-])C(F)(F)F. The number of carboxylic acids is 1. The van der Waals surface area contributed by atoms with Gasteiger partial charge in [-0.1, -0.05) is 0 Å². The Labute approximate surface area is 147 Å². The van der Waals surface area contributed by atoms with E-state index in [1.54, 1.807) is 0 Å². The second kappa shape index (κ2) is 13.3. The van der Waals surface area contributed by atoms with Crippen LogP contribution in [0.25, 0.3) is 0 Å². The van der Waals surface area contributed by atoms with Gasteiger partial charge in [0.1, 0.15) is 17.9 Å². The van der Waals surface area contributed by atoms with Gasteiger partial charge in [-0.2, -0.15) is 13.2 Å². The van der Waals surface area contributed by atoms with Gasteiger partial charge in [0.25, 0.3) is 5.84 Å². The van der Waals surface area contributed by atoms with Crippen molar-refractivity contribution in [3.63, 3.8) is 0 Å². The maximum atomic E-state index is 11.4. The fraction of sp³-hybridized carbons (Fsp3) is 0.692. The van der Waals surface area contributed by atoms with E-state index in [1.807, 2.05) is 0 Å². The van der Waals surface area contributed by atoms with Crippen molar-refractivity contribution >= 4 is 35.3 Å². The van der Waals surface area contributed by atoms with Crippen molar-refractivity contribution in [2.24, 2.45) is 5.73 Å². The van der Waals surface area contributed by atoms with Crippen LogP contribution in [0.2, 0.25) is 0 Å². The molecule has 12 heteroatoms. The minimum Gasteiger partial charge on any atom is -0.542 e. The Morgan fingerprint density at radius 1 is 1.32 bits per heavy atom. The number of carboxylic acid groups (broad SMARTS) is 1. The molecule has 146 valence electrons. The number of nitrogens with two attached hydrogens (primary N) is 1. The number of halogens is 4. The van der Waals surface area contributed by atoms with Crippen LogP contribution in [-0.2, 0) is 19.1 Å². The van der Waals surface area contributed by atoms with Crippen LogP contribution in [0.15, 0.2) is 0 Å². The molecule has 0 saturated carbocycles. The van der Waals surface area contributed by atoms with Crippen molar-refractivity contribution in [2.45, 2.75) is 38.4 Å². The number of esters is 1. The molecule has 8 nitrogen and oxygen atoms in total. The van der Waals surface area contributed by atoms with E-state index in [-0.39, 0.29) is 11.8 Å². The van der Waals surface area contributed by atoms with E-state index in [2.05, 4.69) is 15.0 Å². The molecule has 0 heterocycles. The minimum atomic E-state index is -5.19. The number of amides is 1. The quantitative estimate of drug-likeness (QED) is 0.141. The van der Waals surface area contributed by atoms with Crippen LogP contribution in [0.5, 0.6) is 0 Å². The van der Waals surface area contributed by atoms with Gasteiger partial charge < -0.3 is 20.0 Å². The molecule has 0 bridgehead atoms. The Kier molecular flexibility index (Phi) is 13.4. The molecule has 0 aliphatic rings. The number of amidine groups is 1. The fourth-order valence-corrected chi connectivity index (χ4v) is 1.50. The molecule has 0 unspecified atom stereocenters. The van der Waals surface area contributed by atoms with E-state index in [1.165, 1.54) is 14.0 Å². The van der Waals surface area contributed by atoms with Crippen molar-refractivity contribution in [1.29, 1.82) is 0 Å². The number of hydrogen-bond acceptors (Lipinski definition) is 5. The Bertz CT molecular complexity index is 472. The number of carbonyl (C=O) groups is 3. The minimum absolute atomic E-state index is 0.247. The van der Waals surface area contributed by atoms with Gasteiger partial charge in [0.15, 0.2) is 0 Å². The highest BCUT2D eigenvalue weighted by Crippen LogP contribution is 2.11. The summed E-state index contributed by atoms with van der Waals surface area (Å²) in [5, 5.41) is 11.3. The molecule has 0 aromatic carbocycles. The van der Waals surface area contributed by atoms with Gasteiger partial charge in [0, 0.05) is 6.92 Å². The Balaban J connectivity index is 0. The van der Waals surface area contributed by atoms with Gasteiger partial charge >= 0.3 is 12.1 Å². The summed E-state index contributed by atoms with van der Waals surface area (Å²) in [5.74, 6) is -2.87. The zero-order valence-electron chi connectivity index (χ0n) is 13.7. The fourth-order valence-electron chi connectivity index (χ4n) is 1.41. The van der Waals surface area contributed by atoms with Crippen molar-refractivity contribution in [1.82, 2.24) is 5.32 Å². The van der Waals surface area contributed by atoms with Gasteiger partial charge in [-0.15, -0.1) is 11.6 Å². The second-order valence-corrected chi connectivity index (χ2v) is 4.91. The van der Waals surface area contributed by atoms with Gasteiger partial charge in [-0.25, -0.2) is 4.79 Å². The van der Waals surface area contributed by atoms with Crippen LogP contribution < -0.4 is 21.1 Å². The Hall–Kier alpha value is -2.04. The summed E-state index contributed by atoms with van der Waals surface area (Å²) in [6.07, 6.45) is -3.07. The zero-order valence-corrected chi connectivity index (χ0v) is 14.5. The monoisotopic (exact) mass is 391 g/mol. The molecule has 0 rings (SSSR count). The van der Waals surface area contributed by atoms with Crippen LogP contribution in [0, 0.1) is 0 Å². The maximum Gasteiger partial charge on any atom is 0.430 e. The average Bonchev–Trinajstić information content (AvgIpc) is 2.51. The molecule has 0 aromatic heterocycles. The molecule has 0 radical (unpaired) electrons. The molecule has 0 spiro atoms. The smallest absolute Gasteiger partial charge is 0.430 e. The lowest BCUT2D eigenvalue weighted by Gasteiger charge is -2.14. The van der Waals surface area contributed by atoms with Crippen LogP contribution in [0.3, 0.4) is 0 Å². The predicted octanol–water partition coefficient (Wildman–Crippen LogP) is -2.19. The highest BCUT2D eigenvalue weighted by molar-refractivity contribution is 6.27. The first kappa shape index (κ1) is 25.2. The van der Waals surface area contributed by atoms with Gasteiger partial charge in [-0.05, 0) is 19.3 Å². The van der Waals surface area contributed by atoms with E-state index in [4.69, 9.17) is 27.2 Å². The summed E-state index contributed by atoms with van der Waals surface area (Å²) in [6.45, 7) is 2.06. The topological polar surface area (TPSA) is 136 Å². The third kappa shape index (κ3) is 15.2. The zero-order chi connectivity index (χ0) is 20.0. The number of nitrogens with one attached hydrogen (secondary N) is 2. The third-order valence-electron chi connectivity index (χ3n) is 2.51. The first-order valence-electron chi connectivity index (χ1n) is 6.99. The average molecular weight is 392 g/mol. The van der Waals surface area contributed by atoms with Crippen LogP contribution in [0.4, 0.5) is 13.2 Å². The molecule has 0 aliphatic heterocycles. The molecule has 0 fully saturated rings. The summed E-state index contributed by atoms with van der Waals surface area (Å²) in [6, 6.07) is -0.582. The largest absolute Gasteiger partial charge is 0.542 e. The molecular weight excluding hydrogens is 371 g/mol. The third-order valence-corrected chi connectivity index (χ3v) is 2.80. The van der Waals surface area contributed by atoms with E-state index >= 15 is 0 Å². The van der Waals surface area contributed by atoms with Crippen LogP contribution in [0.1, 0.15) is 26.2 Å². The van der Waals surface area contributed by atoms with E-state index < -0.39 is 24.2 Å². The normalized spacial score (nSPS) is 12.5. The molecule has 0 saturated heterocycles. The molecule has 0 aromatic rings. The van der Waals surface area contributed by atoms with Gasteiger partial charge in [0.2, 0.25) is 5.91 Å². The molecule has 4 N–H and O–H groups in total. The van der Waals surface area contributed by atoms with Gasteiger partial charge in [-0.3, -0.25) is 15.5 Å². The number of unbranched alkanes of at least 4 members (excludes halogenated alkanes) is 1. The van der Waals surface area contributed by atoms with Crippen molar-refractivity contribution in [3.05, 3.63) is 0 Å². The Morgan fingerprint density at radius 3 is 2.20 bits per heavy atom. The lowest BCUT2D eigenvalue weighted by atomic mass is 10.1. The Morgan fingerprint density at radius 2 is 1.84 bits per heavy atom. The summed E-state index contributed by atoms with van der Waals surface area (Å²) in [4.78, 5) is 34.0. The molecule has 25 heavy (non-hydrogen) atoms. The van der Waals surface area contributed by atoms with Crippen molar-refractivity contribution in [3.8, 4) is 0 Å². The highest BCUT2D eigenvalue weighted by Gasteiger charge is 2.28. The summed E-state index contributed by atoms with van der Waals surface area (Å²) in [5.41, 5.74) is 5.49. The number of alkyl halides is 4. The summed E-state index contributed by atoms with van der Waals surface area (Å²) < 4.78 is 36.2. The van der Waals surface area contributed by atoms with E-state index in [9.17, 15) is 22.8 Å². The van der Waals surface area contributed by atoms with E-state index in [0.29, 0.717) is 18.8 Å². The predicted molar refractivity (Wildman–Crippen MR) is 80.3 cm³/mol. The highest BCUT2D eigenvalue weighted by atomic mass is 35.5. The number of carbonyl (C=O) groups excluding carboxylic acids is 3. The molecular formula is C13H21ClF3N3O5. The number of methoxy groups -OCH3 is 1. The molecule has 0 aliphatic carbocycles. The number of ether oxygens (including phenoxy) is 1. The number of hydrogen-bond donors (Lipinski definition) is 3. The summed E-state index contributed by atoms with van der Waals surface area (Å²) in [7, 11) is 1.30. The first-order chi connectivity index (χ1) is 11.4. The van der Waals surface area contributed by atoms with Crippen molar-refractivity contribution in [2.75, 3.05) is 19.5 Å². The summed E-state index contributed by atoms with van der Waals surface area (Å²) >= 11 is 5.50. The van der Waals surface area contributed by atoms with Crippen molar-refractivity contribution < 1.29 is 42.4 Å². The van der Waals surface area contributed by atoms with Crippen LogP contribution in [-0.4, -0.2) is 55.4 Å². The lowest BCUT2D eigenvalue weighted by molar-refractivity contribution is -0.459. The maximum absolute atomic E-state index is 11.4. The second-order valence-electron chi connectivity index (χ2n) is 4.64. The lowest BCUT2D eigenvalue weighted by Crippen LogP contribution is -2.76. The number of aliphatic carboxylic acids is 1. The molecule has 1 amide bonds. The molecule has 1 atom stereocenters. The number of rotatable bonds is 8. The van der Waals surface area contributed by atoms with Gasteiger partial charge in [0.05, 0.1) is 13.7 Å².